The van der Waals surface area contributed by atoms with Crippen LogP contribution in [-0.4, -0.2) is 16.5 Å². The Labute approximate surface area is 121 Å². The van der Waals surface area contributed by atoms with E-state index < -0.39 is 0 Å². The van der Waals surface area contributed by atoms with Crippen molar-refractivity contribution in [2.24, 2.45) is 0 Å². The second kappa shape index (κ2) is 5.45. The van der Waals surface area contributed by atoms with Gasteiger partial charge in [-0.3, -0.25) is 0 Å². The summed E-state index contributed by atoms with van der Waals surface area (Å²) >= 11 is 6.14. The number of aromatic nitrogens is 2. The molecule has 0 spiro atoms. The number of nitriles is 1. The molecule has 5 nitrogen and oxygen atoms in total. The van der Waals surface area contributed by atoms with Crippen LogP contribution < -0.4 is 10.1 Å². The standard InChI is InChI=1S/C14H11ClN4O/c15-13-9(6-16)2-1-3-12(13)20-14-10-4-5-17-7-11(10)18-8-19-14/h1-3,8,17H,4-5,7H2. The van der Waals surface area contributed by atoms with Gasteiger partial charge in [0.05, 0.1) is 11.3 Å². The number of rotatable bonds is 2. The van der Waals surface area contributed by atoms with Gasteiger partial charge in [-0.25, -0.2) is 9.97 Å². The molecule has 0 aliphatic carbocycles. The normalized spacial score (nSPS) is 13.4. The molecule has 0 bridgehead atoms. The number of benzene rings is 1. The van der Waals surface area contributed by atoms with E-state index in [0.29, 0.717) is 28.8 Å². The van der Waals surface area contributed by atoms with Gasteiger partial charge in [0.2, 0.25) is 5.88 Å². The molecule has 0 fully saturated rings. The third kappa shape index (κ3) is 2.31. The Morgan fingerprint density at radius 1 is 1.35 bits per heavy atom. The van der Waals surface area contributed by atoms with Gasteiger partial charge in [0.1, 0.15) is 23.2 Å². The summed E-state index contributed by atoms with van der Waals surface area (Å²) in [5.74, 6) is 0.943. The molecule has 1 aliphatic rings. The molecule has 0 saturated heterocycles. The zero-order valence-electron chi connectivity index (χ0n) is 10.6. The Balaban J connectivity index is 1.98. The summed E-state index contributed by atoms with van der Waals surface area (Å²) in [4.78, 5) is 8.42. The number of ether oxygens (including phenoxy) is 1. The fourth-order valence-electron chi connectivity index (χ4n) is 2.12. The van der Waals surface area contributed by atoms with Crippen molar-refractivity contribution in [1.82, 2.24) is 15.3 Å². The highest BCUT2D eigenvalue weighted by Crippen LogP contribution is 2.33. The van der Waals surface area contributed by atoms with Gasteiger partial charge >= 0.3 is 0 Å². The molecule has 1 N–H and O–H groups in total. The smallest absolute Gasteiger partial charge is 0.225 e. The van der Waals surface area contributed by atoms with E-state index in [-0.39, 0.29) is 0 Å². The van der Waals surface area contributed by atoms with Crippen molar-refractivity contribution in [2.75, 3.05) is 6.54 Å². The van der Waals surface area contributed by atoms with Crippen LogP contribution in [-0.2, 0) is 13.0 Å². The average molecular weight is 287 g/mol. The third-order valence-electron chi connectivity index (χ3n) is 3.13. The molecular weight excluding hydrogens is 276 g/mol. The fourth-order valence-corrected chi connectivity index (χ4v) is 2.33. The van der Waals surface area contributed by atoms with Crippen molar-refractivity contribution in [3.05, 3.63) is 46.4 Å². The van der Waals surface area contributed by atoms with Crippen LogP contribution in [0.1, 0.15) is 16.8 Å². The minimum atomic E-state index is 0.302. The fraction of sp³-hybridized carbons (Fsp3) is 0.214. The molecular formula is C14H11ClN4O. The molecule has 3 rings (SSSR count). The lowest BCUT2D eigenvalue weighted by Crippen LogP contribution is -2.25. The lowest BCUT2D eigenvalue weighted by molar-refractivity contribution is 0.446. The SMILES string of the molecule is N#Cc1cccc(Oc2ncnc3c2CCNC3)c1Cl. The predicted molar refractivity (Wildman–Crippen MR) is 73.7 cm³/mol. The number of hydrogen-bond acceptors (Lipinski definition) is 5. The monoisotopic (exact) mass is 286 g/mol. The first kappa shape index (κ1) is 12.9. The van der Waals surface area contributed by atoms with Gasteiger partial charge in [-0.1, -0.05) is 17.7 Å². The largest absolute Gasteiger partial charge is 0.437 e. The summed E-state index contributed by atoms with van der Waals surface area (Å²) in [6, 6.07) is 7.13. The van der Waals surface area contributed by atoms with E-state index in [0.717, 1.165) is 24.2 Å². The summed E-state index contributed by atoms with van der Waals surface area (Å²) in [6.45, 7) is 1.57. The minimum Gasteiger partial charge on any atom is -0.437 e. The van der Waals surface area contributed by atoms with Crippen LogP contribution in [0.4, 0.5) is 0 Å². The highest BCUT2D eigenvalue weighted by molar-refractivity contribution is 6.33. The first-order chi connectivity index (χ1) is 9.79. The summed E-state index contributed by atoms with van der Waals surface area (Å²) in [7, 11) is 0. The Morgan fingerprint density at radius 2 is 2.25 bits per heavy atom. The molecule has 0 atom stereocenters. The van der Waals surface area contributed by atoms with Gasteiger partial charge in [0, 0.05) is 12.1 Å². The maximum Gasteiger partial charge on any atom is 0.225 e. The van der Waals surface area contributed by atoms with Gasteiger partial charge < -0.3 is 10.1 Å². The summed E-state index contributed by atoms with van der Waals surface area (Å²) in [5.41, 5.74) is 2.31. The molecule has 2 aromatic rings. The number of hydrogen-bond donors (Lipinski definition) is 1. The lowest BCUT2D eigenvalue weighted by Gasteiger charge is -2.18. The molecule has 0 radical (unpaired) electrons. The zero-order valence-corrected chi connectivity index (χ0v) is 11.3. The Morgan fingerprint density at radius 3 is 3.10 bits per heavy atom. The van der Waals surface area contributed by atoms with Crippen LogP contribution in [0, 0.1) is 11.3 Å². The zero-order chi connectivity index (χ0) is 13.9. The van der Waals surface area contributed by atoms with Gasteiger partial charge in [-0.2, -0.15) is 5.26 Å². The quantitative estimate of drug-likeness (QED) is 0.918. The molecule has 1 aliphatic heterocycles. The maximum absolute atomic E-state index is 8.98. The van der Waals surface area contributed by atoms with E-state index in [2.05, 4.69) is 15.3 Å². The summed E-state index contributed by atoms with van der Waals surface area (Å²) in [5, 5.41) is 12.5. The van der Waals surface area contributed by atoms with E-state index >= 15 is 0 Å². The lowest BCUT2D eigenvalue weighted by atomic mass is 10.1. The van der Waals surface area contributed by atoms with Crippen molar-refractivity contribution in [2.45, 2.75) is 13.0 Å². The van der Waals surface area contributed by atoms with E-state index in [1.54, 1.807) is 18.2 Å². The number of nitrogens with zero attached hydrogens (tertiary/aromatic N) is 3. The van der Waals surface area contributed by atoms with Gasteiger partial charge in [0.25, 0.3) is 0 Å². The van der Waals surface area contributed by atoms with Gasteiger partial charge in [-0.15, -0.1) is 0 Å². The van der Waals surface area contributed by atoms with Crippen LogP contribution in [0.3, 0.4) is 0 Å². The highest BCUT2D eigenvalue weighted by atomic mass is 35.5. The second-order valence-electron chi connectivity index (χ2n) is 4.36. The van der Waals surface area contributed by atoms with E-state index in [1.165, 1.54) is 6.33 Å². The molecule has 1 aromatic heterocycles. The minimum absolute atomic E-state index is 0.302. The van der Waals surface area contributed by atoms with Gasteiger partial charge in [0.15, 0.2) is 0 Å². The molecule has 0 amide bonds. The average Bonchev–Trinajstić information content (AvgIpc) is 2.50. The molecule has 0 saturated carbocycles. The van der Waals surface area contributed by atoms with Crippen molar-refractivity contribution in [3.8, 4) is 17.7 Å². The van der Waals surface area contributed by atoms with Crippen LogP contribution in [0.2, 0.25) is 5.02 Å². The first-order valence-corrected chi connectivity index (χ1v) is 6.57. The van der Waals surface area contributed by atoms with Crippen LogP contribution in [0.15, 0.2) is 24.5 Å². The molecule has 20 heavy (non-hydrogen) atoms. The predicted octanol–water partition coefficient (Wildman–Crippen LogP) is 2.44. The van der Waals surface area contributed by atoms with Crippen molar-refractivity contribution in [3.63, 3.8) is 0 Å². The molecule has 6 heteroatoms. The van der Waals surface area contributed by atoms with E-state index in [4.69, 9.17) is 21.6 Å². The van der Waals surface area contributed by atoms with Crippen molar-refractivity contribution < 1.29 is 4.74 Å². The second-order valence-corrected chi connectivity index (χ2v) is 4.74. The molecule has 1 aromatic carbocycles. The number of halogens is 1. The summed E-state index contributed by atoms with van der Waals surface area (Å²) < 4.78 is 5.79. The van der Waals surface area contributed by atoms with Crippen LogP contribution in [0.25, 0.3) is 0 Å². The molecule has 100 valence electrons. The Kier molecular flexibility index (Phi) is 3.50. The number of fused-ring (bicyclic) bond motifs is 1. The number of nitrogens with one attached hydrogen (secondary N) is 1. The first-order valence-electron chi connectivity index (χ1n) is 6.19. The summed E-state index contributed by atoms with van der Waals surface area (Å²) in [6.07, 6.45) is 2.28. The molecule has 2 heterocycles. The van der Waals surface area contributed by atoms with Crippen molar-refractivity contribution >= 4 is 11.6 Å². The third-order valence-corrected chi connectivity index (χ3v) is 3.52. The maximum atomic E-state index is 8.98. The van der Waals surface area contributed by atoms with Crippen LogP contribution in [0.5, 0.6) is 11.6 Å². The topological polar surface area (TPSA) is 70.8 Å². The molecule has 0 unspecified atom stereocenters. The Hall–Kier alpha value is -2.16. The van der Waals surface area contributed by atoms with Gasteiger partial charge in [-0.05, 0) is 25.1 Å². The van der Waals surface area contributed by atoms with Crippen molar-refractivity contribution in [1.29, 1.82) is 5.26 Å². The Bertz CT molecular complexity index is 696. The van der Waals surface area contributed by atoms with E-state index in [9.17, 15) is 0 Å². The van der Waals surface area contributed by atoms with Crippen LogP contribution >= 0.6 is 11.6 Å². The van der Waals surface area contributed by atoms with E-state index in [1.807, 2.05) is 6.07 Å². The highest BCUT2D eigenvalue weighted by Gasteiger charge is 2.18.